The minimum Gasteiger partial charge on any atom is -0.308 e. The van der Waals surface area contributed by atoms with E-state index < -0.39 is 0 Å². The minimum absolute atomic E-state index is 0.728. The van der Waals surface area contributed by atoms with Crippen molar-refractivity contribution in [1.29, 1.82) is 0 Å². The van der Waals surface area contributed by atoms with Gasteiger partial charge in [0.1, 0.15) is 0 Å². The van der Waals surface area contributed by atoms with Crippen LogP contribution in [0.3, 0.4) is 0 Å². The van der Waals surface area contributed by atoms with Gasteiger partial charge in [0, 0.05) is 23.9 Å². The zero-order valence-electron chi connectivity index (χ0n) is 9.91. The van der Waals surface area contributed by atoms with E-state index in [-0.39, 0.29) is 0 Å². The van der Waals surface area contributed by atoms with Crippen LogP contribution >= 0.6 is 11.3 Å². The Morgan fingerprint density at radius 3 is 2.94 bits per heavy atom. The van der Waals surface area contributed by atoms with Crippen molar-refractivity contribution in [3.63, 3.8) is 0 Å². The van der Waals surface area contributed by atoms with Gasteiger partial charge in [-0.25, -0.2) is 4.98 Å². The highest BCUT2D eigenvalue weighted by molar-refractivity contribution is 7.09. The highest BCUT2D eigenvalue weighted by atomic mass is 32.1. The Morgan fingerprint density at radius 1 is 1.38 bits per heavy atom. The smallest absolute Gasteiger partial charge is 0.0959 e. The fourth-order valence-corrected chi connectivity index (χ4v) is 3.60. The molecule has 0 saturated heterocycles. The SMILES string of the molecule is CC1CCCC1NCc1csc(C2CC2)n1. The van der Waals surface area contributed by atoms with Crippen LogP contribution in [0, 0.1) is 5.92 Å². The highest BCUT2D eigenvalue weighted by Crippen LogP contribution is 2.41. The van der Waals surface area contributed by atoms with Crippen LogP contribution in [0.5, 0.6) is 0 Å². The molecule has 0 bridgehead atoms. The Bertz CT molecular complexity index is 357. The molecule has 0 amide bonds. The van der Waals surface area contributed by atoms with Gasteiger partial charge < -0.3 is 5.32 Å². The summed E-state index contributed by atoms with van der Waals surface area (Å²) in [5, 5.41) is 7.27. The molecule has 2 nitrogen and oxygen atoms in total. The second-order valence-corrected chi connectivity index (χ2v) is 6.24. The van der Waals surface area contributed by atoms with E-state index in [1.807, 2.05) is 11.3 Å². The third kappa shape index (κ3) is 2.30. The van der Waals surface area contributed by atoms with E-state index in [4.69, 9.17) is 4.98 Å². The predicted octanol–water partition coefficient (Wildman–Crippen LogP) is 3.30. The monoisotopic (exact) mass is 236 g/mol. The molecule has 1 aromatic heterocycles. The van der Waals surface area contributed by atoms with Crippen molar-refractivity contribution >= 4 is 11.3 Å². The van der Waals surface area contributed by atoms with Crippen LogP contribution in [0.1, 0.15) is 55.6 Å². The minimum atomic E-state index is 0.728. The molecule has 2 saturated carbocycles. The lowest BCUT2D eigenvalue weighted by atomic mass is 10.1. The summed E-state index contributed by atoms with van der Waals surface area (Å²) in [6, 6.07) is 0.728. The summed E-state index contributed by atoms with van der Waals surface area (Å²) in [6.45, 7) is 3.33. The van der Waals surface area contributed by atoms with E-state index in [9.17, 15) is 0 Å². The molecule has 1 aromatic rings. The molecule has 3 rings (SSSR count). The number of hydrogen-bond acceptors (Lipinski definition) is 3. The topological polar surface area (TPSA) is 24.9 Å². The standard InChI is InChI=1S/C13H20N2S/c1-9-3-2-4-12(9)14-7-11-8-16-13(15-11)10-5-6-10/h8-10,12,14H,2-7H2,1H3. The van der Waals surface area contributed by atoms with Crippen molar-refractivity contribution in [3.05, 3.63) is 16.1 Å². The zero-order valence-corrected chi connectivity index (χ0v) is 10.7. The molecule has 1 N–H and O–H groups in total. The maximum absolute atomic E-state index is 4.71. The van der Waals surface area contributed by atoms with E-state index in [0.29, 0.717) is 0 Å². The third-order valence-electron chi connectivity index (χ3n) is 3.90. The maximum Gasteiger partial charge on any atom is 0.0959 e. The van der Waals surface area contributed by atoms with E-state index in [0.717, 1.165) is 24.4 Å². The molecule has 2 aliphatic rings. The van der Waals surface area contributed by atoms with Gasteiger partial charge in [0.2, 0.25) is 0 Å². The number of thiazole rings is 1. The van der Waals surface area contributed by atoms with Crippen LogP contribution in [-0.2, 0) is 6.54 Å². The molecule has 0 aliphatic heterocycles. The number of aromatic nitrogens is 1. The highest BCUT2D eigenvalue weighted by Gasteiger charge is 2.27. The molecular formula is C13H20N2S. The molecule has 88 valence electrons. The molecule has 0 spiro atoms. The summed E-state index contributed by atoms with van der Waals surface area (Å²) in [6.07, 6.45) is 6.85. The lowest BCUT2D eigenvalue weighted by molar-refractivity contribution is 0.424. The average molecular weight is 236 g/mol. The molecule has 0 radical (unpaired) electrons. The van der Waals surface area contributed by atoms with Crippen LogP contribution in [-0.4, -0.2) is 11.0 Å². The van der Waals surface area contributed by atoms with E-state index in [2.05, 4.69) is 17.6 Å². The zero-order chi connectivity index (χ0) is 11.0. The Kier molecular flexibility index (Phi) is 2.99. The molecule has 2 fully saturated rings. The van der Waals surface area contributed by atoms with Gasteiger partial charge in [0.05, 0.1) is 10.7 Å². The van der Waals surface area contributed by atoms with E-state index >= 15 is 0 Å². The van der Waals surface area contributed by atoms with Gasteiger partial charge >= 0.3 is 0 Å². The fourth-order valence-electron chi connectivity index (χ4n) is 2.61. The van der Waals surface area contributed by atoms with Gasteiger partial charge in [-0.3, -0.25) is 0 Å². The van der Waals surface area contributed by atoms with Crippen molar-refractivity contribution < 1.29 is 0 Å². The Morgan fingerprint density at radius 2 is 2.25 bits per heavy atom. The van der Waals surface area contributed by atoms with Crippen LogP contribution in [0.4, 0.5) is 0 Å². The first kappa shape index (κ1) is 10.7. The van der Waals surface area contributed by atoms with Crippen LogP contribution in [0.25, 0.3) is 0 Å². The number of hydrogen-bond donors (Lipinski definition) is 1. The average Bonchev–Trinajstić information content (AvgIpc) is 2.89. The number of nitrogens with zero attached hydrogens (tertiary/aromatic N) is 1. The summed E-state index contributed by atoms with van der Waals surface area (Å²) >= 11 is 1.85. The Hall–Kier alpha value is -0.410. The summed E-state index contributed by atoms with van der Waals surface area (Å²) < 4.78 is 0. The van der Waals surface area contributed by atoms with Crippen LogP contribution < -0.4 is 5.32 Å². The summed E-state index contributed by atoms with van der Waals surface area (Å²) in [4.78, 5) is 4.71. The summed E-state index contributed by atoms with van der Waals surface area (Å²) in [7, 11) is 0. The molecule has 2 unspecified atom stereocenters. The lowest BCUT2D eigenvalue weighted by Crippen LogP contribution is -2.30. The van der Waals surface area contributed by atoms with Gasteiger partial charge in [-0.15, -0.1) is 11.3 Å². The van der Waals surface area contributed by atoms with Crippen molar-refractivity contribution in [2.75, 3.05) is 0 Å². The first-order valence-electron chi connectivity index (χ1n) is 6.50. The van der Waals surface area contributed by atoms with Gasteiger partial charge in [-0.05, 0) is 31.6 Å². The summed E-state index contributed by atoms with van der Waals surface area (Å²) in [5.41, 5.74) is 1.26. The van der Waals surface area contributed by atoms with Crippen molar-refractivity contribution in [1.82, 2.24) is 10.3 Å². The molecule has 2 atom stereocenters. The normalized spacial score (nSPS) is 29.8. The number of rotatable bonds is 4. The van der Waals surface area contributed by atoms with Crippen molar-refractivity contribution in [3.8, 4) is 0 Å². The van der Waals surface area contributed by atoms with Gasteiger partial charge in [0.15, 0.2) is 0 Å². The summed E-state index contributed by atoms with van der Waals surface area (Å²) in [5.74, 6) is 1.66. The molecule has 1 heterocycles. The van der Waals surface area contributed by atoms with Crippen LogP contribution in [0.2, 0.25) is 0 Å². The van der Waals surface area contributed by atoms with Crippen molar-refractivity contribution in [2.45, 2.75) is 57.5 Å². The fraction of sp³-hybridized carbons (Fsp3) is 0.769. The molecular weight excluding hydrogens is 216 g/mol. The molecule has 2 aliphatic carbocycles. The van der Waals surface area contributed by atoms with Gasteiger partial charge in [-0.1, -0.05) is 13.3 Å². The molecule has 0 aromatic carbocycles. The largest absolute Gasteiger partial charge is 0.308 e. The maximum atomic E-state index is 4.71. The van der Waals surface area contributed by atoms with E-state index in [1.54, 1.807) is 0 Å². The molecule has 16 heavy (non-hydrogen) atoms. The predicted molar refractivity (Wildman–Crippen MR) is 67.7 cm³/mol. The quantitative estimate of drug-likeness (QED) is 0.867. The van der Waals surface area contributed by atoms with Gasteiger partial charge in [-0.2, -0.15) is 0 Å². The van der Waals surface area contributed by atoms with Crippen LogP contribution in [0.15, 0.2) is 5.38 Å². The lowest BCUT2D eigenvalue weighted by Gasteiger charge is -2.16. The second-order valence-electron chi connectivity index (χ2n) is 5.35. The van der Waals surface area contributed by atoms with Crippen molar-refractivity contribution in [2.24, 2.45) is 5.92 Å². The third-order valence-corrected chi connectivity index (χ3v) is 4.96. The Balaban J connectivity index is 1.53. The first-order chi connectivity index (χ1) is 7.83. The molecule has 3 heteroatoms. The second kappa shape index (κ2) is 4.46. The number of nitrogens with one attached hydrogen (secondary N) is 1. The van der Waals surface area contributed by atoms with E-state index in [1.165, 1.54) is 42.8 Å². The Labute approximate surface area is 101 Å². The first-order valence-corrected chi connectivity index (χ1v) is 7.38. The van der Waals surface area contributed by atoms with Gasteiger partial charge in [0.25, 0.3) is 0 Å².